The minimum Gasteiger partial charge on any atom is -0.366 e. The molecule has 0 spiro atoms. The number of nitrogens with two attached hydrogens (primary N) is 1. The van der Waals surface area contributed by atoms with Gasteiger partial charge in [-0.3, -0.25) is 4.79 Å². The highest BCUT2D eigenvalue weighted by molar-refractivity contribution is 7.98. The number of hydrogen-bond acceptors (Lipinski definition) is 3. The van der Waals surface area contributed by atoms with E-state index in [-0.39, 0.29) is 0 Å². The highest BCUT2D eigenvalue weighted by atomic mass is 32.2. The second-order valence-electron chi connectivity index (χ2n) is 5.22. The maximum absolute atomic E-state index is 11.4. The molecule has 114 valence electrons. The minimum absolute atomic E-state index is 0.428. The normalized spacial score (nSPS) is 11.1. The van der Waals surface area contributed by atoms with Crippen LogP contribution >= 0.6 is 11.8 Å². The van der Waals surface area contributed by atoms with Gasteiger partial charge in [0.05, 0.1) is 16.8 Å². The first kappa shape index (κ1) is 15.9. The van der Waals surface area contributed by atoms with Gasteiger partial charge in [0.25, 0.3) is 5.91 Å². The Hall–Kier alpha value is -1.49. The zero-order valence-corrected chi connectivity index (χ0v) is 13.3. The summed E-state index contributed by atoms with van der Waals surface area (Å²) in [4.78, 5) is 19.1. The number of aromatic nitrogens is 2. The number of benzene rings is 1. The lowest BCUT2D eigenvalue weighted by Gasteiger charge is -1.99. The van der Waals surface area contributed by atoms with E-state index in [2.05, 4.69) is 16.9 Å². The summed E-state index contributed by atoms with van der Waals surface area (Å²) in [6, 6.07) is 5.47. The van der Waals surface area contributed by atoms with Gasteiger partial charge in [0.15, 0.2) is 0 Å². The molecule has 5 heteroatoms. The number of nitrogens with zero attached hydrogens (tertiary/aromatic N) is 1. The van der Waals surface area contributed by atoms with Crippen molar-refractivity contribution in [2.24, 2.45) is 5.73 Å². The molecule has 1 aromatic carbocycles. The standard InChI is InChI=1S/C16H23N3OS/c1-2-3-4-5-6-10-21-11-14-18-13-9-7-8-12(16(17)20)15(13)19-14/h7-9H,2-6,10-11H2,1H3,(H2,17,20)(H,18,19). The number of unbranched alkanes of at least 4 members (excludes halogenated alkanes) is 4. The molecule has 0 bridgehead atoms. The van der Waals surface area contributed by atoms with E-state index in [4.69, 9.17) is 5.73 Å². The van der Waals surface area contributed by atoms with Crippen molar-refractivity contribution in [2.45, 2.75) is 44.8 Å². The number of nitrogens with one attached hydrogen (secondary N) is 1. The third-order valence-corrected chi connectivity index (χ3v) is 4.51. The molecule has 0 saturated heterocycles. The predicted octanol–water partition coefficient (Wildman–Crippen LogP) is 3.87. The number of fused-ring (bicyclic) bond motifs is 1. The van der Waals surface area contributed by atoms with Gasteiger partial charge in [-0.25, -0.2) is 4.98 Å². The van der Waals surface area contributed by atoms with E-state index in [1.54, 1.807) is 6.07 Å². The van der Waals surface area contributed by atoms with Crippen molar-refractivity contribution in [2.75, 3.05) is 5.75 Å². The molecule has 0 aliphatic carbocycles. The molecule has 1 amide bonds. The van der Waals surface area contributed by atoms with Crippen LogP contribution in [-0.2, 0) is 5.75 Å². The quantitative estimate of drug-likeness (QED) is 0.691. The number of H-pyrrole nitrogens is 1. The number of amides is 1. The molecule has 3 N–H and O–H groups in total. The van der Waals surface area contributed by atoms with Crippen molar-refractivity contribution in [3.8, 4) is 0 Å². The lowest BCUT2D eigenvalue weighted by Crippen LogP contribution is -2.11. The molecule has 2 rings (SSSR count). The smallest absolute Gasteiger partial charge is 0.250 e. The summed E-state index contributed by atoms with van der Waals surface area (Å²) in [7, 11) is 0. The van der Waals surface area contributed by atoms with Gasteiger partial charge in [-0.15, -0.1) is 0 Å². The maximum Gasteiger partial charge on any atom is 0.250 e. The fourth-order valence-electron chi connectivity index (χ4n) is 2.33. The molecule has 21 heavy (non-hydrogen) atoms. The van der Waals surface area contributed by atoms with Crippen LogP contribution in [0.5, 0.6) is 0 Å². The average Bonchev–Trinajstić information content (AvgIpc) is 2.88. The van der Waals surface area contributed by atoms with Crippen molar-refractivity contribution in [3.05, 3.63) is 29.6 Å². The zero-order valence-electron chi connectivity index (χ0n) is 12.5. The molecular formula is C16H23N3OS. The molecule has 0 aliphatic rings. The Morgan fingerprint density at radius 2 is 2.10 bits per heavy atom. The number of rotatable bonds is 9. The Morgan fingerprint density at radius 1 is 1.29 bits per heavy atom. The molecule has 0 saturated carbocycles. The second-order valence-corrected chi connectivity index (χ2v) is 6.32. The summed E-state index contributed by atoms with van der Waals surface area (Å²) in [6.45, 7) is 2.23. The Morgan fingerprint density at radius 3 is 2.86 bits per heavy atom. The molecule has 1 heterocycles. The van der Waals surface area contributed by atoms with E-state index >= 15 is 0 Å². The first-order chi connectivity index (χ1) is 10.2. The SMILES string of the molecule is CCCCCCCSCc1nc2c(C(N)=O)cccc2[nH]1. The maximum atomic E-state index is 11.4. The van der Waals surface area contributed by atoms with E-state index in [0.29, 0.717) is 11.1 Å². The molecule has 0 aliphatic heterocycles. The first-order valence-electron chi connectivity index (χ1n) is 7.57. The van der Waals surface area contributed by atoms with Crippen LogP contribution in [0.1, 0.15) is 55.2 Å². The zero-order chi connectivity index (χ0) is 15.1. The van der Waals surface area contributed by atoms with E-state index in [9.17, 15) is 4.79 Å². The van der Waals surface area contributed by atoms with Gasteiger partial charge in [-0.1, -0.05) is 38.7 Å². The van der Waals surface area contributed by atoms with Gasteiger partial charge in [0.2, 0.25) is 0 Å². The van der Waals surface area contributed by atoms with E-state index in [1.807, 2.05) is 23.9 Å². The summed E-state index contributed by atoms with van der Waals surface area (Å²) in [5, 5.41) is 0. The third kappa shape index (κ3) is 4.49. The van der Waals surface area contributed by atoms with Crippen molar-refractivity contribution in [3.63, 3.8) is 0 Å². The lowest BCUT2D eigenvalue weighted by atomic mass is 10.2. The van der Waals surface area contributed by atoms with Gasteiger partial charge in [-0.2, -0.15) is 11.8 Å². The highest BCUT2D eigenvalue weighted by Gasteiger charge is 2.10. The molecule has 0 fully saturated rings. The monoisotopic (exact) mass is 305 g/mol. The number of hydrogen-bond donors (Lipinski definition) is 2. The topological polar surface area (TPSA) is 71.8 Å². The van der Waals surface area contributed by atoms with Gasteiger partial charge < -0.3 is 10.7 Å². The number of primary amides is 1. The Labute approximate surface area is 129 Å². The summed E-state index contributed by atoms with van der Waals surface area (Å²) >= 11 is 1.88. The summed E-state index contributed by atoms with van der Waals surface area (Å²) < 4.78 is 0. The summed E-state index contributed by atoms with van der Waals surface area (Å²) in [6.07, 6.45) is 6.53. The van der Waals surface area contributed by atoms with E-state index in [1.165, 1.54) is 32.1 Å². The number of thioether (sulfide) groups is 1. The molecule has 4 nitrogen and oxygen atoms in total. The van der Waals surface area contributed by atoms with Crippen LogP contribution < -0.4 is 5.73 Å². The Kier molecular flexibility index (Phi) is 6.11. The van der Waals surface area contributed by atoms with Crippen molar-refractivity contribution >= 4 is 28.7 Å². The fraction of sp³-hybridized carbons (Fsp3) is 0.500. The number of para-hydroxylation sites is 1. The summed E-state index contributed by atoms with van der Waals surface area (Å²) in [5.74, 6) is 2.49. The number of aromatic amines is 1. The molecule has 0 radical (unpaired) electrons. The second kappa shape index (κ2) is 8.08. The molecular weight excluding hydrogens is 282 g/mol. The van der Waals surface area contributed by atoms with Crippen LogP contribution in [0.25, 0.3) is 11.0 Å². The molecule has 0 atom stereocenters. The van der Waals surface area contributed by atoms with Crippen molar-refractivity contribution < 1.29 is 4.79 Å². The van der Waals surface area contributed by atoms with Crippen LogP contribution in [-0.4, -0.2) is 21.6 Å². The number of imidazole rings is 1. The third-order valence-electron chi connectivity index (χ3n) is 3.46. The number of carbonyl (C=O) groups excluding carboxylic acids is 1. The van der Waals surface area contributed by atoms with Crippen molar-refractivity contribution in [1.82, 2.24) is 9.97 Å². The fourth-order valence-corrected chi connectivity index (χ4v) is 3.21. The highest BCUT2D eigenvalue weighted by Crippen LogP contribution is 2.19. The van der Waals surface area contributed by atoms with Gasteiger partial charge in [0, 0.05) is 0 Å². The average molecular weight is 305 g/mol. The molecule has 0 unspecified atom stereocenters. The van der Waals surface area contributed by atoms with Crippen LogP contribution in [0, 0.1) is 0 Å². The number of carbonyl (C=O) groups is 1. The van der Waals surface area contributed by atoms with Crippen LogP contribution in [0.2, 0.25) is 0 Å². The van der Waals surface area contributed by atoms with Crippen LogP contribution in [0.15, 0.2) is 18.2 Å². The summed E-state index contributed by atoms with van der Waals surface area (Å²) in [5.41, 5.74) is 7.42. The Bertz CT molecular complexity index is 594. The first-order valence-corrected chi connectivity index (χ1v) is 8.73. The van der Waals surface area contributed by atoms with E-state index < -0.39 is 5.91 Å². The predicted molar refractivity (Wildman–Crippen MR) is 89.5 cm³/mol. The molecule has 2 aromatic rings. The van der Waals surface area contributed by atoms with Gasteiger partial charge >= 0.3 is 0 Å². The lowest BCUT2D eigenvalue weighted by molar-refractivity contribution is 0.100. The van der Waals surface area contributed by atoms with Crippen LogP contribution in [0.3, 0.4) is 0 Å². The van der Waals surface area contributed by atoms with E-state index in [0.717, 1.165) is 22.8 Å². The van der Waals surface area contributed by atoms with Gasteiger partial charge in [-0.05, 0) is 24.3 Å². The van der Waals surface area contributed by atoms with Crippen LogP contribution in [0.4, 0.5) is 0 Å². The molecule has 1 aromatic heterocycles. The van der Waals surface area contributed by atoms with Gasteiger partial charge in [0.1, 0.15) is 11.3 Å². The minimum atomic E-state index is -0.428. The van der Waals surface area contributed by atoms with Crippen molar-refractivity contribution in [1.29, 1.82) is 0 Å². The largest absolute Gasteiger partial charge is 0.366 e. The Balaban J connectivity index is 1.86.